The van der Waals surface area contributed by atoms with Crippen molar-refractivity contribution in [3.63, 3.8) is 0 Å². The maximum Gasteiger partial charge on any atom is 0.348 e. The first-order valence-corrected chi connectivity index (χ1v) is 6.12. The summed E-state index contributed by atoms with van der Waals surface area (Å²) in [6.45, 7) is 6.92. The van der Waals surface area contributed by atoms with Gasteiger partial charge in [0.1, 0.15) is 0 Å². The van der Waals surface area contributed by atoms with Crippen molar-refractivity contribution >= 4 is 22.8 Å². The molecule has 0 fully saturated rings. The molecular formula is C14H16N2O3. The number of amides is 1. The van der Waals surface area contributed by atoms with E-state index in [1.165, 1.54) is 11.8 Å². The van der Waals surface area contributed by atoms with Crippen molar-refractivity contribution in [1.82, 2.24) is 4.98 Å². The first-order valence-electron chi connectivity index (χ1n) is 6.12. The van der Waals surface area contributed by atoms with Gasteiger partial charge in [0, 0.05) is 13.0 Å². The summed E-state index contributed by atoms with van der Waals surface area (Å²) in [5, 5.41) is 0.457. The number of carbonyl (C=O) groups excluding carboxylic acids is 1. The maximum absolute atomic E-state index is 12.0. The van der Waals surface area contributed by atoms with E-state index in [0.29, 0.717) is 10.9 Å². The SMILES string of the molecule is CC(=O)N(c1nc2cccc(C)c2c(=O)o1)C(C)C. The Bertz CT molecular complexity index is 689. The van der Waals surface area contributed by atoms with E-state index in [2.05, 4.69) is 4.98 Å². The standard InChI is InChI=1S/C14H16N2O3/c1-8(2)16(10(4)17)14-15-11-7-5-6-9(3)12(11)13(18)19-14/h5-8H,1-4H3. The molecule has 0 aliphatic rings. The Kier molecular flexibility index (Phi) is 3.38. The molecular weight excluding hydrogens is 244 g/mol. The van der Waals surface area contributed by atoms with E-state index in [9.17, 15) is 9.59 Å². The van der Waals surface area contributed by atoms with Crippen LogP contribution in [0.1, 0.15) is 26.3 Å². The smallest absolute Gasteiger partial charge is 0.348 e. The van der Waals surface area contributed by atoms with Crippen molar-refractivity contribution in [2.45, 2.75) is 33.7 Å². The van der Waals surface area contributed by atoms with E-state index in [1.807, 2.05) is 32.9 Å². The molecule has 0 atom stereocenters. The molecule has 0 unspecified atom stereocenters. The number of rotatable bonds is 2. The van der Waals surface area contributed by atoms with Gasteiger partial charge in [0.2, 0.25) is 5.91 Å². The Hall–Kier alpha value is -2.17. The number of nitrogens with zero attached hydrogens (tertiary/aromatic N) is 2. The molecule has 2 aromatic rings. The predicted octanol–water partition coefficient (Wildman–Crippen LogP) is 2.26. The molecule has 1 aromatic heterocycles. The normalized spacial score (nSPS) is 11.0. The Labute approximate surface area is 110 Å². The molecule has 19 heavy (non-hydrogen) atoms. The number of benzene rings is 1. The molecule has 1 amide bonds. The maximum atomic E-state index is 12.0. The lowest BCUT2D eigenvalue weighted by Crippen LogP contribution is -2.36. The van der Waals surface area contributed by atoms with Gasteiger partial charge < -0.3 is 4.42 Å². The lowest BCUT2D eigenvalue weighted by molar-refractivity contribution is -0.117. The molecule has 1 heterocycles. The number of anilines is 1. The topological polar surface area (TPSA) is 63.4 Å². The fourth-order valence-electron chi connectivity index (χ4n) is 2.09. The van der Waals surface area contributed by atoms with Crippen molar-refractivity contribution in [1.29, 1.82) is 0 Å². The average molecular weight is 260 g/mol. The summed E-state index contributed by atoms with van der Waals surface area (Å²) in [6.07, 6.45) is 0. The van der Waals surface area contributed by atoms with E-state index in [1.54, 1.807) is 6.07 Å². The number of aromatic nitrogens is 1. The Morgan fingerprint density at radius 3 is 2.63 bits per heavy atom. The zero-order chi connectivity index (χ0) is 14.2. The van der Waals surface area contributed by atoms with Gasteiger partial charge in [-0.1, -0.05) is 12.1 Å². The molecule has 1 aromatic carbocycles. The third-order valence-corrected chi connectivity index (χ3v) is 2.92. The van der Waals surface area contributed by atoms with Gasteiger partial charge in [0.05, 0.1) is 10.9 Å². The zero-order valence-electron chi connectivity index (χ0n) is 11.4. The highest BCUT2D eigenvalue weighted by atomic mass is 16.4. The van der Waals surface area contributed by atoms with Gasteiger partial charge in [-0.3, -0.25) is 9.69 Å². The van der Waals surface area contributed by atoms with Crippen molar-refractivity contribution in [2.75, 3.05) is 4.90 Å². The minimum Gasteiger partial charge on any atom is -0.388 e. The van der Waals surface area contributed by atoms with E-state index < -0.39 is 5.63 Å². The van der Waals surface area contributed by atoms with Gasteiger partial charge in [-0.2, -0.15) is 4.98 Å². The van der Waals surface area contributed by atoms with E-state index in [0.717, 1.165) is 5.56 Å². The van der Waals surface area contributed by atoms with Gasteiger partial charge >= 0.3 is 11.6 Å². The Morgan fingerprint density at radius 1 is 1.37 bits per heavy atom. The fraction of sp³-hybridized carbons (Fsp3) is 0.357. The molecule has 0 spiro atoms. The number of hydrogen-bond donors (Lipinski definition) is 0. The van der Waals surface area contributed by atoms with Crippen molar-refractivity contribution in [3.05, 3.63) is 34.2 Å². The molecule has 5 nitrogen and oxygen atoms in total. The van der Waals surface area contributed by atoms with Gasteiger partial charge in [-0.15, -0.1) is 0 Å². The molecule has 100 valence electrons. The Balaban J connectivity index is 2.71. The molecule has 0 radical (unpaired) electrons. The molecule has 0 saturated heterocycles. The van der Waals surface area contributed by atoms with Crippen LogP contribution in [-0.4, -0.2) is 16.9 Å². The summed E-state index contributed by atoms with van der Waals surface area (Å²) in [4.78, 5) is 29.3. The lowest BCUT2D eigenvalue weighted by atomic mass is 10.1. The van der Waals surface area contributed by atoms with Gasteiger partial charge in [-0.25, -0.2) is 4.79 Å². The average Bonchev–Trinajstić information content (AvgIpc) is 2.27. The highest BCUT2D eigenvalue weighted by molar-refractivity contribution is 5.91. The first kappa shape index (κ1) is 13.3. The van der Waals surface area contributed by atoms with E-state index in [-0.39, 0.29) is 18.0 Å². The predicted molar refractivity (Wildman–Crippen MR) is 73.3 cm³/mol. The summed E-state index contributed by atoms with van der Waals surface area (Å²) in [7, 11) is 0. The third-order valence-electron chi connectivity index (χ3n) is 2.92. The molecule has 0 aliphatic heterocycles. The largest absolute Gasteiger partial charge is 0.388 e. The minimum absolute atomic E-state index is 0.0469. The summed E-state index contributed by atoms with van der Waals surface area (Å²) >= 11 is 0. The van der Waals surface area contributed by atoms with Crippen LogP contribution in [-0.2, 0) is 4.79 Å². The van der Waals surface area contributed by atoms with Crippen molar-refractivity contribution < 1.29 is 9.21 Å². The number of fused-ring (bicyclic) bond motifs is 1. The molecule has 0 bridgehead atoms. The molecule has 2 rings (SSSR count). The van der Waals surface area contributed by atoms with Crippen LogP contribution < -0.4 is 10.5 Å². The van der Waals surface area contributed by atoms with Gasteiger partial charge in [0.15, 0.2) is 0 Å². The summed E-state index contributed by atoms with van der Waals surface area (Å²) in [5.74, 6) is -0.211. The third kappa shape index (κ3) is 2.36. The lowest BCUT2D eigenvalue weighted by Gasteiger charge is -2.22. The molecule has 0 aliphatic carbocycles. The number of hydrogen-bond acceptors (Lipinski definition) is 4. The van der Waals surface area contributed by atoms with Crippen LogP contribution in [0.3, 0.4) is 0 Å². The van der Waals surface area contributed by atoms with Crippen LogP contribution in [0.5, 0.6) is 0 Å². The van der Waals surface area contributed by atoms with Gasteiger partial charge in [-0.05, 0) is 32.4 Å². The van der Waals surface area contributed by atoms with Crippen LogP contribution in [0.15, 0.2) is 27.4 Å². The second-order valence-corrected chi connectivity index (χ2v) is 4.74. The summed E-state index contributed by atoms with van der Waals surface area (Å²) in [5.41, 5.74) is 0.882. The highest BCUT2D eigenvalue weighted by Crippen LogP contribution is 2.18. The van der Waals surface area contributed by atoms with E-state index in [4.69, 9.17) is 4.42 Å². The molecule has 0 N–H and O–H groups in total. The minimum atomic E-state index is -0.468. The van der Waals surface area contributed by atoms with Crippen LogP contribution >= 0.6 is 0 Å². The quantitative estimate of drug-likeness (QED) is 0.830. The van der Waals surface area contributed by atoms with Crippen LogP contribution in [0.4, 0.5) is 6.01 Å². The summed E-state index contributed by atoms with van der Waals surface area (Å²) in [6, 6.07) is 5.30. The molecule has 5 heteroatoms. The first-order chi connectivity index (χ1) is 8.91. The second-order valence-electron chi connectivity index (χ2n) is 4.74. The van der Waals surface area contributed by atoms with Crippen molar-refractivity contribution in [3.8, 4) is 0 Å². The highest BCUT2D eigenvalue weighted by Gasteiger charge is 2.21. The number of aryl methyl sites for hydroxylation is 1. The number of carbonyl (C=O) groups is 1. The monoisotopic (exact) mass is 260 g/mol. The molecule has 0 saturated carbocycles. The fourth-order valence-corrected chi connectivity index (χ4v) is 2.09. The van der Waals surface area contributed by atoms with Crippen LogP contribution in [0.25, 0.3) is 10.9 Å². The second kappa shape index (κ2) is 4.84. The van der Waals surface area contributed by atoms with Crippen molar-refractivity contribution in [2.24, 2.45) is 0 Å². The Morgan fingerprint density at radius 2 is 2.05 bits per heavy atom. The van der Waals surface area contributed by atoms with Crippen LogP contribution in [0.2, 0.25) is 0 Å². The van der Waals surface area contributed by atoms with Crippen LogP contribution in [0, 0.1) is 6.92 Å². The van der Waals surface area contributed by atoms with E-state index >= 15 is 0 Å². The zero-order valence-corrected chi connectivity index (χ0v) is 11.4. The van der Waals surface area contributed by atoms with Gasteiger partial charge in [0.25, 0.3) is 0 Å². The summed E-state index contributed by atoms with van der Waals surface area (Å²) < 4.78 is 5.19.